The van der Waals surface area contributed by atoms with Gasteiger partial charge in [-0.15, -0.1) is 0 Å². The third kappa shape index (κ3) is 3.93. The van der Waals surface area contributed by atoms with Gasteiger partial charge in [0.25, 0.3) is 0 Å². The minimum absolute atomic E-state index is 0.434. The lowest BCUT2D eigenvalue weighted by molar-refractivity contribution is -0.145. The van der Waals surface area contributed by atoms with Crippen molar-refractivity contribution in [2.24, 2.45) is 5.73 Å². The van der Waals surface area contributed by atoms with Crippen molar-refractivity contribution in [1.29, 1.82) is 0 Å². The molecule has 0 saturated heterocycles. The molecule has 34 heavy (non-hydrogen) atoms. The molecule has 0 aromatic heterocycles. The standard InChI is InChI=1S/C28H31NO5/c1-16-11-12-20-18(15-19-21(32-4)13-14-22(33-5)23(19)28(20,2)3)26(16)34-27(31)25(30)24(29)17-9-7-6-8-10-17/h6-14,24-25,30H,15,29H2,1-5H3/t24-,25+/m0/s1. The number of esters is 1. The van der Waals surface area contributed by atoms with Crippen LogP contribution in [0.5, 0.6) is 17.2 Å². The zero-order chi connectivity index (χ0) is 24.6. The molecule has 0 amide bonds. The van der Waals surface area contributed by atoms with E-state index in [4.69, 9.17) is 19.9 Å². The molecule has 3 aromatic rings. The molecule has 6 nitrogen and oxygen atoms in total. The van der Waals surface area contributed by atoms with Crippen LogP contribution < -0.4 is 19.9 Å². The lowest BCUT2D eigenvalue weighted by atomic mass is 9.68. The van der Waals surface area contributed by atoms with Gasteiger partial charge < -0.3 is 25.1 Å². The molecule has 3 N–H and O–H groups in total. The predicted octanol–water partition coefficient (Wildman–Crippen LogP) is 4.21. The molecule has 0 spiro atoms. The highest BCUT2D eigenvalue weighted by Gasteiger charge is 2.39. The minimum Gasteiger partial charge on any atom is -0.496 e. The van der Waals surface area contributed by atoms with Gasteiger partial charge >= 0.3 is 5.97 Å². The summed E-state index contributed by atoms with van der Waals surface area (Å²) >= 11 is 0. The van der Waals surface area contributed by atoms with Crippen LogP contribution >= 0.6 is 0 Å². The van der Waals surface area contributed by atoms with E-state index in [1.165, 1.54) is 0 Å². The van der Waals surface area contributed by atoms with E-state index in [-0.39, 0.29) is 0 Å². The second-order valence-electron chi connectivity index (χ2n) is 9.17. The van der Waals surface area contributed by atoms with Crippen molar-refractivity contribution in [2.75, 3.05) is 14.2 Å². The van der Waals surface area contributed by atoms with Crippen molar-refractivity contribution in [3.8, 4) is 17.2 Å². The van der Waals surface area contributed by atoms with Gasteiger partial charge in [-0.1, -0.05) is 56.3 Å². The number of fused-ring (bicyclic) bond motifs is 2. The highest BCUT2D eigenvalue weighted by atomic mass is 16.5. The van der Waals surface area contributed by atoms with Crippen LogP contribution in [0.2, 0.25) is 0 Å². The first kappa shape index (κ1) is 23.8. The van der Waals surface area contributed by atoms with Crippen LogP contribution in [-0.4, -0.2) is 31.4 Å². The van der Waals surface area contributed by atoms with E-state index < -0.39 is 23.5 Å². The van der Waals surface area contributed by atoms with E-state index in [1.807, 2.05) is 43.3 Å². The number of ether oxygens (including phenoxy) is 3. The molecule has 1 aliphatic rings. The second-order valence-corrected chi connectivity index (χ2v) is 9.17. The van der Waals surface area contributed by atoms with Crippen molar-refractivity contribution in [2.45, 2.75) is 44.8 Å². The number of hydrogen-bond donors (Lipinski definition) is 2. The van der Waals surface area contributed by atoms with Gasteiger partial charge in [0.2, 0.25) is 0 Å². The summed E-state index contributed by atoms with van der Waals surface area (Å²) in [5.74, 6) is 1.20. The van der Waals surface area contributed by atoms with Crippen molar-refractivity contribution < 1.29 is 24.1 Å². The van der Waals surface area contributed by atoms with Gasteiger partial charge in [-0.05, 0) is 35.7 Å². The predicted molar refractivity (Wildman–Crippen MR) is 131 cm³/mol. The zero-order valence-corrected chi connectivity index (χ0v) is 20.2. The topological polar surface area (TPSA) is 91.0 Å². The third-order valence-corrected chi connectivity index (χ3v) is 6.75. The van der Waals surface area contributed by atoms with Crippen LogP contribution in [0.25, 0.3) is 0 Å². The summed E-state index contributed by atoms with van der Waals surface area (Å²) in [6.45, 7) is 6.12. The normalized spacial score (nSPS) is 15.5. The van der Waals surface area contributed by atoms with Gasteiger partial charge in [-0.3, -0.25) is 0 Å². The SMILES string of the molecule is COc1ccc(OC)c2c1Cc1c(ccc(C)c1OC(=O)[C@H](O)[C@@H](N)c1ccccc1)C2(C)C. The van der Waals surface area contributed by atoms with E-state index in [1.54, 1.807) is 26.4 Å². The van der Waals surface area contributed by atoms with E-state index in [0.717, 1.165) is 39.3 Å². The Morgan fingerprint density at radius 3 is 2.26 bits per heavy atom. The number of aryl methyl sites for hydroxylation is 1. The fourth-order valence-corrected chi connectivity index (χ4v) is 4.95. The van der Waals surface area contributed by atoms with E-state index in [2.05, 4.69) is 19.9 Å². The molecule has 0 aliphatic heterocycles. The quantitative estimate of drug-likeness (QED) is 0.422. The van der Waals surface area contributed by atoms with Gasteiger partial charge in [0.05, 0.1) is 20.3 Å². The smallest absolute Gasteiger partial charge is 0.342 e. The lowest BCUT2D eigenvalue weighted by Gasteiger charge is -2.38. The molecule has 0 unspecified atom stereocenters. The lowest BCUT2D eigenvalue weighted by Crippen LogP contribution is -2.37. The van der Waals surface area contributed by atoms with Crippen molar-refractivity contribution in [3.63, 3.8) is 0 Å². The Morgan fingerprint density at radius 1 is 0.971 bits per heavy atom. The summed E-state index contributed by atoms with van der Waals surface area (Å²) < 4.78 is 17.2. The van der Waals surface area contributed by atoms with Crippen LogP contribution in [0.1, 0.15) is 53.3 Å². The van der Waals surface area contributed by atoms with Gasteiger partial charge in [0.15, 0.2) is 6.10 Å². The molecule has 0 radical (unpaired) electrons. The summed E-state index contributed by atoms with van der Waals surface area (Å²) in [7, 11) is 3.30. The molecule has 178 valence electrons. The number of benzene rings is 3. The Balaban J connectivity index is 1.75. The van der Waals surface area contributed by atoms with Crippen molar-refractivity contribution in [1.82, 2.24) is 0 Å². The molecule has 0 heterocycles. The van der Waals surface area contributed by atoms with Crippen LogP contribution in [-0.2, 0) is 16.6 Å². The van der Waals surface area contributed by atoms with Crippen LogP contribution in [0, 0.1) is 6.92 Å². The molecule has 1 aliphatic carbocycles. The maximum Gasteiger partial charge on any atom is 0.342 e. The first-order chi connectivity index (χ1) is 16.2. The van der Waals surface area contributed by atoms with Crippen LogP contribution in [0.4, 0.5) is 0 Å². The number of aliphatic hydroxyl groups is 1. The van der Waals surface area contributed by atoms with E-state index in [9.17, 15) is 9.90 Å². The number of carbonyl (C=O) groups excluding carboxylic acids is 1. The fourth-order valence-electron chi connectivity index (χ4n) is 4.95. The van der Waals surface area contributed by atoms with Gasteiger partial charge in [-0.2, -0.15) is 0 Å². The zero-order valence-electron chi connectivity index (χ0n) is 20.2. The van der Waals surface area contributed by atoms with E-state index in [0.29, 0.717) is 17.7 Å². The number of rotatable bonds is 6. The molecular weight excluding hydrogens is 430 g/mol. The Labute approximate surface area is 200 Å². The molecule has 3 aromatic carbocycles. The van der Waals surface area contributed by atoms with Crippen molar-refractivity contribution >= 4 is 5.97 Å². The number of methoxy groups -OCH3 is 2. The number of nitrogens with two attached hydrogens (primary N) is 1. The first-order valence-corrected chi connectivity index (χ1v) is 11.3. The number of carbonyl (C=O) groups is 1. The third-order valence-electron chi connectivity index (χ3n) is 6.75. The second kappa shape index (κ2) is 9.12. The number of hydrogen-bond acceptors (Lipinski definition) is 6. The average molecular weight is 462 g/mol. The Hall–Kier alpha value is -3.35. The van der Waals surface area contributed by atoms with Crippen LogP contribution in [0.15, 0.2) is 54.6 Å². The van der Waals surface area contributed by atoms with Crippen molar-refractivity contribution in [3.05, 3.63) is 88.0 Å². The summed E-state index contributed by atoms with van der Waals surface area (Å²) in [6.07, 6.45) is -1.00. The van der Waals surface area contributed by atoms with E-state index >= 15 is 0 Å². The molecule has 6 heteroatoms. The summed E-state index contributed by atoms with van der Waals surface area (Å²) in [6, 6.07) is 15.9. The Morgan fingerprint density at radius 2 is 1.62 bits per heavy atom. The average Bonchev–Trinajstić information content (AvgIpc) is 2.84. The van der Waals surface area contributed by atoms with Gasteiger partial charge in [0, 0.05) is 28.5 Å². The summed E-state index contributed by atoms with van der Waals surface area (Å²) in [4.78, 5) is 13.0. The van der Waals surface area contributed by atoms with Gasteiger partial charge in [-0.25, -0.2) is 4.79 Å². The minimum atomic E-state index is -1.50. The molecule has 0 saturated carbocycles. The van der Waals surface area contributed by atoms with Crippen LogP contribution in [0.3, 0.4) is 0 Å². The first-order valence-electron chi connectivity index (χ1n) is 11.3. The monoisotopic (exact) mass is 461 g/mol. The maximum atomic E-state index is 13.0. The largest absolute Gasteiger partial charge is 0.496 e. The molecule has 0 fully saturated rings. The summed E-state index contributed by atoms with van der Waals surface area (Å²) in [5.41, 5.74) is 11.1. The molecule has 2 atom stereocenters. The fraction of sp³-hybridized carbons (Fsp3) is 0.321. The Kier molecular flexibility index (Phi) is 6.39. The highest BCUT2D eigenvalue weighted by molar-refractivity contribution is 5.79. The Bertz CT molecular complexity index is 1220. The van der Waals surface area contributed by atoms with Gasteiger partial charge in [0.1, 0.15) is 17.2 Å². The summed E-state index contributed by atoms with van der Waals surface area (Å²) in [5, 5.41) is 10.7. The molecule has 4 rings (SSSR count). The highest BCUT2D eigenvalue weighted by Crippen LogP contribution is 2.50. The number of aliphatic hydroxyl groups excluding tert-OH is 1. The molecular formula is C28H31NO5. The molecule has 0 bridgehead atoms. The maximum absolute atomic E-state index is 13.0.